The SMILES string of the molecule is CC(CC(=O)Nc1ccc(F)cc1F)=NNC(=O)c1ccc(O)cc1. The van der Waals surface area contributed by atoms with Crippen LogP contribution in [0.2, 0.25) is 0 Å². The van der Waals surface area contributed by atoms with Gasteiger partial charge in [-0.25, -0.2) is 14.2 Å². The number of anilines is 1. The van der Waals surface area contributed by atoms with Crippen LogP contribution in [0, 0.1) is 11.6 Å². The molecule has 0 spiro atoms. The van der Waals surface area contributed by atoms with Gasteiger partial charge in [0.2, 0.25) is 5.91 Å². The first-order valence-corrected chi connectivity index (χ1v) is 7.22. The summed E-state index contributed by atoms with van der Waals surface area (Å²) in [6.45, 7) is 1.51. The zero-order chi connectivity index (χ0) is 18.4. The maximum atomic E-state index is 13.5. The quantitative estimate of drug-likeness (QED) is 0.574. The average molecular weight is 347 g/mol. The molecule has 0 atom stereocenters. The maximum Gasteiger partial charge on any atom is 0.271 e. The van der Waals surface area contributed by atoms with Crippen molar-refractivity contribution in [3.05, 3.63) is 59.7 Å². The zero-order valence-electron chi connectivity index (χ0n) is 13.2. The van der Waals surface area contributed by atoms with Gasteiger partial charge in [-0.3, -0.25) is 9.59 Å². The fraction of sp³-hybridized carbons (Fsp3) is 0.118. The van der Waals surface area contributed by atoms with Crippen molar-refractivity contribution >= 4 is 23.2 Å². The Morgan fingerprint density at radius 2 is 1.80 bits per heavy atom. The highest BCUT2D eigenvalue weighted by Crippen LogP contribution is 2.15. The summed E-state index contributed by atoms with van der Waals surface area (Å²) in [5.41, 5.74) is 2.69. The molecule has 2 aromatic rings. The summed E-state index contributed by atoms with van der Waals surface area (Å²) in [6, 6.07) is 8.35. The van der Waals surface area contributed by atoms with Crippen LogP contribution in [-0.2, 0) is 4.79 Å². The number of carbonyl (C=O) groups is 2. The number of hydrogen-bond acceptors (Lipinski definition) is 4. The van der Waals surface area contributed by atoms with Crippen molar-refractivity contribution in [2.45, 2.75) is 13.3 Å². The number of halogens is 2. The molecular formula is C17H15F2N3O3. The standard InChI is InChI=1S/C17H15F2N3O3/c1-10(21-22-17(25)11-2-5-13(23)6-3-11)8-16(24)20-15-7-4-12(18)9-14(15)19/h2-7,9,23H,8H2,1H3,(H,20,24)(H,22,25). The summed E-state index contributed by atoms with van der Waals surface area (Å²) in [7, 11) is 0. The first-order chi connectivity index (χ1) is 11.8. The third-order valence-electron chi connectivity index (χ3n) is 3.10. The molecule has 130 valence electrons. The number of hydrazone groups is 1. The molecule has 0 aliphatic carbocycles. The van der Waals surface area contributed by atoms with Gasteiger partial charge < -0.3 is 10.4 Å². The van der Waals surface area contributed by atoms with E-state index in [-0.39, 0.29) is 29.1 Å². The number of rotatable bonds is 5. The Hall–Kier alpha value is -3.29. The highest BCUT2D eigenvalue weighted by molar-refractivity contribution is 6.06. The van der Waals surface area contributed by atoms with Crippen molar-refractivity contribution in [1.29, 1.82) is 0 Å². The van der Waals surface area contributed by atoms with E-state index >= 15 is 0 Å². The van der Waals surface area contributed by atoms with E-state index < -0.39 is 23.4 Å². The van der Waals surface area contributed by atoms with Gasteiger partial charge in [-0.1, -0.05) is 0 Å². The second-order valence-corrected chi connectivity index (χ2v) is 5.18. The van der Waals surface area contributed by atoms with E-state index in [1.807, 2.05) is 0 Å². The van der Waals surface area contributed by atoms with Gasteiger partial charge in [-0.2, -0.15) is 5.10 Å². The van der Waals surface area contributed by atoms with Crippen LogP contribution in [0.3, 0.4) is 0 Å². The molecule has 0 radical (unpaired) electrons. The molecule has 0 fully saturated rings. The van der Waals surface area contributed by atoms with Crippen LogP contribution in [-0.4, -0.2) is 22.6 Å². The second-order valence-electron chi connectivity index (χ2n) is 5.18. The van der Waals surface area contributed by atoms with Gasteiger partial charge in [0.05, 0.1) is 12.1 Å². The largest absolute Gasteiger partial charge is 0.508 e. The zero-order valence-corrected chi connectivity index (χ0v) is 13.2. The average Bonchev–Trinajstić information content (AvgIpc) is 2.56. The van der Waals surface area contributed by atoms with Gasteiger partial charge in [0.1, 0.15) is 17.4 Å². The molecule has 0 aromatic heterocycles. The molecule has 0 saturated carbocycles. The number of aromatic hydroxyl groups is 1. The number of nitrogens with zero attached hydrogens (tertiary/aromatic N) is 1. The molecule has 2 rings (SSSR count). The Kier molecular flexibility index (Phi) is 5.78. The molecule has 3 N–H and O–H groups in total. The van der Waals surface area contributed by atoms with Gasteiger partial charge in [0.15, 0.2) is 0 Å². The number of benzene rings is 2. The lowest BCUT2D eigenvalue weighted by Gasteiger charge is -2.06. The third kappa shape index (κ3) is 5.38. The molecule has 2 aromatic carbocycles. The Balaban J connectivity index is 1.90. The number of phenolic OH excluding ortho intramolecular Hbond substituents is 1. The van der Waals surface area contributed by atoms with Crippen molar-refractivity contribution in [3.63, 3.8) is 0 Å². The van der Waals surface area contributed by atoms with Crippen molar-refractivity contribution in [2.24, 2.45) is 5.10 Å². The van der Waals surface area contributed by atoms with E-state index in [4.69, 9.17) is 5.11 Å². The van der Waals surface area contributed by atoms with Gasteiger partial charge >= 0.3 is 0 Å². The van der Waals surface area contributed by atoms with Gasteiger partial charge in [0, 0.05) is 17.3 Å². The number of nitrogens with one attached hydrogen (secondary N) is 2. The van der Waals surface area contributed by atoms with Crippen LogP contribution < -0.4 is 10.7 Å². The summed E-state index contributed by atoms with van der Waals surface area (Å²) in [6.07, 6.45) is -0.188. The Bertz CT molecular complexity index is 820. The Morgan fingerprint density at radius 3 is 2.44 bits per heavy atom. The first-order valence-electron chi connectivity index (χ1n) is 7.22. The van der Waals surface area contributed by atoms with Crippen LogP contribution in [0.4, 0.5) is 14.5 Å². The van der Waals surface area contributed by atoms with Crippen LogP contribution >= 0.6 is 0 Å². The summed E-state index contributed by atoms with van der Waals surface area (Å²) in [5.74, 6) is -2.68. The lowest BCUT2D eigenvalue weighted by Crippen LogP contribution is -2.21. The summed E-state index contributed by atoms with van der Waals surface area (Å²) >= 11 is 0. The van der Waals surface area contributed by atoms with Gasteiger partial charge in [0.25, 0.3) is 5.91 Å². The minimum absolute atomic E-state index is 0.0286. The highest BCUT2D eigenvalue weighted by Gasteiger charge is 2.10. The van der Waals surface area contributed by atoms with Crippen LogP contribution in [0.5, 0.6) is 5.75 Å². The molecule has 8 heteroatoms. The Morgan fingerprint density at radius 1 is 1.12 bits per heavy atom. The molecule has 25 heavy (non-hydrogen) atoms. The first kappa shape index (κ1) is 18.1. The summed E-state index contributed by atoms with van der Waals surface area (Å²) in [4.78, 5) is 23.6. The molecule has 0 saturated heterocycles. The molecule has 0 unspecified atom stereocenters. The van der Waals surface area contributed by atoms with E-state index in [1.54, 1.807) is 0 Å². The van der Waals surface area contributed by atoms with E-state index in [9.17, 15) is 18.4 Å². The topological polar surface area (TPSA) is 90.8 Å². The Labute approximate surface area is 142 Å². The predicted molar refractivity (Wildman–Crippen MR) is 88.3 cm³/mol. The molecule has 0 aliphatic rings. The minimum atomic E-state index is -0.886. The van der Waals surface area contributed by atoms with E-state index in [0.29, 0.717) is 6.07 Å². The van der Waals surface area contributed by atoms with Crippen molar-refractivity contribution in [3.8, 4) is 5.75 Å². The fourth-order valence-corrected chi connectivity index (χ4v) is 1.88. The molecule has 2 amide bonds. The number of amides is 2. The van der Waals surface area contributed by atoms with Crippen molar-refractivity contribution in [2.75, 3.05) is 5.32 Å². The van der Waals surface area contributed by atoms with E-state index in [2.05, 4.69) is 15.8 Å². The number of carbonyl (C=O) groups excluding carboxylic acids is 2. The minimum Gasteiger partial charge on any atom is -0.508 e. The molecule has 6 nitrogen and oxygen atoms in total. The van der Waals surface area contributed by atoms with Crippen molar-refractivity contribution in [1.82, 2.24) is 5.43 Å². The van der Waals surface area contributed by atoms with Crippen molar-refractivity contribution < 1.29 is 23.5 Å². The lowest BCUT2D eigenvalue weighted by molar-refractivity contribution is -0.115. The molecule has 0 aliphatic heterocycles. The normalized spacial score (nSPS) is 11.1. The van der Waals surface area contributed by atoms with Crippen LogP contribution in [0.25, 0.3) is 0 Å². The monoisotopic (exact) mass is 347 g/mol. The summed E-state index contributed by atoms with van der Waals surface area (Å²) in [5, 5.41) is 15.2. The molecular weight excluding hydrogens is 332 g/mol. The highest BCUT2D eigenvalue weighted by atomic mass is 19.1. The molecule has 0 bridgehead atoms. The number of phenols is 1. The third-order valence-corrected chi connectivity index (χ3v) is 3.10. The molecule has 0 heterocycles. The fourth-order valence-electron chi connectivity index (χ4n) is 1.88. The number of hydrogen-bond donors (Lipinski definition) is 3. The smallest absolute Gasteiger partial charge is 0.271 e. The van der Waals surface area contributed by atoms with Crippen LogP contribution in [0.15, 0.2) is 47.6 Å². The van der Waals surface area contributed by atoms with Crippen LogP contribution in [0.1, 0.15) is 23.7 Å². The second kappa shape index (κ2) is 8.00. The van der Waals surface area contributed by atoms with E-state index in [1.165, 1.54) is 31.2 Å². The van der Waals surface area contributed by atoms with Gasteiger partial charge in [-0.05, 0) is 43.3 Å². The predicted octanol–water partition coefficient (Wildman–Crippen LogP) is 2.80. The lowest BCUT2D eigenvalue weighted by atomic mass is 10.2. The van der Waals surface area contributed by atoms with Gasteiger partial charge in [-0.15, -0.1) is 0 Å². The maximum absolute atomic E-state index is 13.5. The summed E-state index contributed by atoms with van der Waals surface area (Å²) < 4.78 is 26.3. The van der Waals surface area contributed by atoms with E-state index in [0.717, 1.165) is 12.1 Å².